The fourth-order valence-corrected chi connectivity index (χ4v) is 4.26. The van der Waals surface area contributed by atoms with Gasteiger partial charge in [0, 0.05) is 4.88 Å². The third kappa shape index (κ3) is 4.29. The highest BCUT2D eigenvalue weighted by Gasteiger charge is 2.14. The zero-order valence-electron chi connectivity index (χ0n) is 16.8. The molecule has 6 heteroatoms. The number of nitrogens with zero attached hydrogens (tertiary/aromatic N) is 2. The number of amides is 1. The number of fused-ring (bicyclic) bond motifs is 2. The number of hydrogen-bond donors (Lipinski definition) is 1. The van der Waals surface area contributed by atoms with Crippen molar-refractivity contribution in [3.05, 3.63) is 94.9 Å². The average Bonchev–Trinajstić information content (AvgIpc) is 3.44. The Balaban J connectivity index is 1.35. The third-order valence-electron chi connectivity index (χ3n) is 5.16. The molecule has 5 aromatic rings. The van der Waals surface area contributed by atoms with E-state index in [0.717, 1.165) is 32.9 Å². The summed E-state index contributed by atoms with van der Waals surface area (Å²) < 4.78 is 7.99. The molecule has 0 saturated heterocycles. The smallest absolute Gasteiger partial charge is 0.240 e. The molecule has 0 atom stereocenters. The molecular formula is C25H21N3O2S. The lowest BCUT2D eigenvalue weighted by Gasteiger charge is -2.11. The summed E-state index contributed by atoms with van der Waals surface area (Å²) in [6, 6.07) is 26.0. The van der Waals surface area contributed by atoms with Gasteiger partial charge in [-0.25, -0.2) is 4.98 Å². The maximum atomic E-state index is 12.6. The summed E-state index contributed by atoms with van der Waals surface area (Å²) in [5.41, 5.74) is 1.77. The second-order valence-electron chi connectivity index (χ2n) is 7.26. The van der Waals surface area contributed by atoms with Crippen molar-refractivity contribution in [2.75, 3.05) is 0 Å². The maximum absolute atomic E-state index is 12.6. The molecule has 31 heavy (non-hydrogen) atoms. The van der Waals surface area contributed by atoms with Crippen molar-refractivity contribution >= 4 is 39.0 Å². The molecule has 5 nitrogen and oxygen atoms in total. The molecule has 5 rings (SSSR count). The van der Waals surface area contributed by atoms with Crippen molar-refractivity contribution in [1.82, 2.24) is 14.9 Å². The van der Waals surface area contributed by atoms with Crippen molar-refractivity contribution in [2.45, 2.75) is 19.7 Å². The van der Waals surface area contributed by atoms with Crippen LogP contribution in [0.5, 0.6) is 5.75 Å². The van der Waals surface area contributed by atoms with Gasteiger partial charge in [-0.1, -0.05) is 48.5 Å². The van der Waals surface area contributed by atoms with Gasteiger partial charge in [0.25, 0.3) is 0 Å². The summed E-state index contributed by atoms with van der Waals surface area (Å²) in [4.78, 5) is 18.5. The lowest BCUT2D eigenvalue weighted by Crippen LogP contribution is -2.27. The van der Waals surface area contributed by atoms with Gasteiger partial charge in [-0.3, -0.25) is 4.79 Å². The molecule has 0 saturated carbocycles. The molecule has 1 amide bonds. The van der Waals surface area contributed by atoms with Crippen LogP contribution in [0.4, 0.5) is 0 Å². The van der Waals surface area contributed by atoms with E-state index in [0.29, 0.717) is 6.54 Å². The average molecular weight is 428 g/mol. The highest BCUT2D eigenvalue weighted by Crippen LogP contribution is 2.22. The predicted molar refractivity (Wildman–Crippen MR) is 124 cm³/mol. The Hall–Kier alpha value is -3.64. The summed E-state index contributed by atoms with van der Waals surface area (Å²) in [5.74, 6) is 1.45. The van der Waals surface area contributed by atoms with E-state index in [1.54, 1.807) is 11.3 Å². The van der Waals surface area contributed by atoms with Crippen LogP contribution < -0.4 is 10.1 Å². The van der Waals surface area contributed by atoms with Gasteiger partial charge in [-0.05, 0) is 46.5 Å². The zero-order valence-corrected chi connectivity index (χ0v) is 17.6. The molecule has 0 radical (unpaired) electrons. The number of thiophene rings is 1. The molecular weight excluding hydrogens is 406 g/mol. The summed E-state index contributed by atoms with van der Waals surface area (Å²) in [7, 11) is 0. The largest absolute Gasteiger partial charge is 0.486 e. The Morgan fingerprint density at radius 3 is 2.68 bits per heavy atom. The van der Waals surface area contributed by atoms with Gasteiger partial charge in [0.1, 0.15) is 24.7 Å². The SMILES string of the molecule is O=C(Cn1c(COc2ccc3ccccc3c2)nc2ccccc21)NCc1cccs1. The molecule has 0 aliphatic heterocycles. The summed E-state index contributed by atoms with van der Waals surface area (Å²) in [5, 5.41) is 7.30. The highest BCUT2D eigenvalue weighted by atomic mass is 32.1. The van der Waals surface area contributed by atoms with Crippen molar-refractivity contribution in [1.29, 1.82) is 0 Å². The van der Waals surface area contributed by atoms with Gasteiger partial charge in [-0.15, -0.1) is 11.3 Å². The van der Waals surface area contributed by atoms with Gasteiger partial charge in [0.05, 0.1) is 17.6 Å². The first-order chi connectivity index (χ1) is 15.3. The van der Waals surface area contributed by atoms with Crippen LogP contribution in [-0.2, 0) is 24.5 Å². The number of carbonyl (C=O) groups is 1. The highest BCUT2D eigenvalue weighted by molar-refractivity contribution is 7.09. The molecule has 0 fully saturated rings. The van der Waals surface area contributed by atoms with E-state index >= 15 is 0 Å². The molecule has 2 aromatic heterocycles. The van der Waals surface area contributed by atoms with Crippen molar-refractivity contribution in [2.24, 2.45) is 0 Å². The van der Waals surface area contributed by atoms with E-state index in [1.807, 2.05) is 76.7 Å². The van der Waals surface area contributed by atoms with E-state index in [2.05, 4.69) is 17.4 Å². The number of para-hydroxylation sites is 2. The van der Waals surface area contributed by atoms with Crippen LogP contribution in [0, 0.1) is 0 Å². The number of hydrogen-bond acceptors (Lipinski definition) is 4. The lowest BCUT2D eigenvalue weighted by atomic mass is 10.1. The van der Waals surface area contributed by atoms with Crippen LogP contribution in [0.15, 0.2) is 84.2 Å². The predicted octanol–water partition coefficient (Wildman–Crippen LogP) is 5.15. The van der Waals surface area contributed by atoms with E-state index in [4.69, 9.17) is 9.72 Å². The van der Waals surface area contributed by atoms with Crippen LogP contribution in [0.3, 0.4) is 0 Å². The van der Waals surface area contributed by atoms with Crippen molar-refractivity contribution < 1.29 is 9.53 Å². The Bertz CT molecular complexity index is 1340. The fourth-order valence-electron chi connectivity index (χ4n) is 3.62. The van der Waals surface area contributed by atoms with E-state index in [1.165, 1.54) is 5.39 Å². The monoisotopic (exact) mass is 427 g/mol. The van der Waals surface area contributed by atoms with Gasteiger partial charge >= 0.3 is 0 Å². The standard InChI is InChI=1S/C25H21N3O2S/c29-25(26-15-21-8-5-13-31-21)16-28-23-10-4-3-9-22(23)27-24(28)17-30-20-12-11-18-6-1-2-7-19(18)14-20/h1-14H,15-17H2,(H,26,29). The molecule has 0 unspecified atom stereocenters. The molecule has 1 N–H and O–H groups in total. The van der Waals surface area contributed by atoms with Crippen LogP contribution >= 0.6 is 11.3 Å². The fraction of sp³-hybridized carbons (Fsp3) is 0.120. The summed E-state index contributed by atoms with van der Waals surface area (Å²) >= 11 is 1.63. The first kappa shape index (κ1) is 19.3. The number of aromatic nitrogens is 2. The van der Waals surface area contributed by atoms with E-state index in [-0.39, 0.29) is 19.1 Å². The Morgan fingerprint density at radius 2 is 1.81 bits per heavy atom. The normalized spacial score (nSPS) is 11.1. The van der Waals surface area contributed by atoms with Crippen LogP contribution in [0.2, 0.25) is 0 Å². The Kier molecular flexibility index (Phi) is 5.37. The van der Waals surface area contributed by atoms with Crippen molar-refractivity contribution in [3.8, 4) is 5.75 Å². The Morgan fingerprint density at radius 1 is 0.968 bits per heavy atom. The molecule has 2 heterocycles. The van der Waals surface area contributed by atoms with Crippen LogP contribution in [0.25, 0.3) is 21.8 Å². The molecule has 154 valence electrons. The number of ether oxygens (including phenoxy) is 1. The molecule has 0 spiro atoms. The lowest BCUT2D eigenvalue weighted by molar-refractivity contribution is -0.121. The minimum absolute atomic E-state index is 0.0523. The number of carbonyl (C=O) groups excluding carboxylic acids is 1. The minimum atomic E-state index is -0.0523. The number of imidazole rings is 1. The van der Waals surface area contributed by atoms with Gasteiger partial charge < -0.3 is 14.6 Å². The number of rotatable bonds is 7. The summed E-state index contributed by atoms with van der Waals surface area (Å²) in [6.07, 6.45) is 0. The van der Waals surface area contributed by atoms with Crippen LogP contribution in [-0.4, -0.2) is 15.5 Å². The van der Waals surface area contributed by atoms with Gasteiger partial charge in [0.2, 0.25) is 5.91 Å². The molecule has 0 bridgehead atoms. The number of nitrogens with one attached hydrogen (secondary N) is 1. The topological polar surface area (TPSA) is 56.2 Å². The second kappa shape index (κ2) is 8.62. The molecule has 0 aliphatic carbocycles. The van der Waals surface area contributed by atoms with Crippen molar-refractivity contribution in [3.63, 3.8) is 0 Å². The maximum Gasteiger partial charge on any atom is 0.240 e. The van der Waals surface area contributed by atoms with E-state index < -0.39 is 0 Å². The molecule has 0 aliphatic rings. The minimum Gasteiger partial charge on any atom is -0.486 e. The third-order valence-corrected chi connectivity index (χ3v) is 6.04. The first-order valence-corrected chi connectivity index (χ1v) is 11.0. The molecule has 3 aromatic carbocycles. The zero-order chi connectivity index (χ0) is 21.0. The number of benzene rings is 3. The van der Waals surface area contributed by atoms with Gasteiger partial charge in [-0.2, -0.15) is 0 Å². The Labute approximate surface area is 183 Å². The second-order valence-corrected chi connectivity index (χ2v) is 8.29. The first-order valence-electron chi connectivity index (χ1n) is 10.1. The van der Waals surface area contributed by atoms with Gasteiger partial charge in [0.15, 0.2) is 0 Å². The van der Waals surface area contributed by atoms with E-state index in [9.17, 15) is 4.79 Å². The summed E-state index contributed by atoms with van der Waals surface area (Å²) in [6.45, 7) is 1.01. The quantitative estimate of drug-likeness (QED) is 0.391. The van der Waals surface area contributed by atoms with Crippen LogP contribution in [0.1, 0.15) is 10.7 Å².